The van der Waals surface area contributed by atoms with E-state index in [9.17, 15) is 4.79 Å². The van der Waals surface area contributed by atoms with Gasteiger partial charge in [0.15, 0.2) is 0 Å². The summed E-state index contributed by atoms with van der Waals surface area (Å²) in [6, 6.07) is 13.6. The summed E-state index contributed by atoms with van der Waals surface area (Å²) in [5, 5.41) is 1.17. The number of nitrogens with zero attached hydrogens (tertiary/aromatic N) is 2. The van der Waals surface area contributed by atoms with Gasteiger partial charge < -0.3 is 9.64 Å². The van der Waals surface area contributed by atoms with Gasteiger partial charge in [-0.3, -0.25) is 9.69 Å². The Balaban J connectivity index is 1.49. The van der Waals surface area contributed by atoms with Gasteiger partial charge in [0, 0.05) is 26.1 Å². The minimum absolute atomic E-state index is 0.0910. The summed E-state index contributed by atoms with van der Waals surface area (Å²) in [7, 11) is 3.53. The Bertz CT molecular complexity index is 803. The SMILES string of the molecule is COc1ccc(CN(C)C(=O)C2CCN(Cc3ccc(Cl)c(Cl)c3)CC2)cc1. The number of piperidine rings is 1. The lowest BCUT2D eigenvalue weighted by Crippen LogP contribution is -2.40. The van der Waals surface area contributed by atoms with E-state index in [4.69, 9.17) is 27.9 Å². The van der Waals surface area contributed by atoms with Crippen LogP contribution in [0, 0.1) is 5.92 Å². The molecule has 4 nitrogen and oxygen atoms in total. The first-order valence-corrected chi connectivity index (χ1v) is 10.3. The predicted octanol–water partition coefficient (Wildman–Crippen LogP) is 4.87. The lowest BCUT2D eigenvalue weighted by molar-refractivity contribution is -0.136. The summed E-state index contributed by atoms with van der Waals surface area (Å²) >= 11 is 12.1. The van der Waals surface area contributed by atoms with Crippen LogP contribution in [0.1, 0.15) is 24.0 Å². The van der Waals surface area contributed by atoms with Crippen LogP contribution in [-0.2, 0) is 17.9 Å². The fraction of sp³-hybridized carbons (Fsp3) is 0.409. The highest BCUT2D eigenvalue weighted by molar-refractivity contribution is 6.42. The molecule has 0 aromatic heterocycles. The number of hydrogen-bond donors (Lipinski definition) is 0. The van der Waals surface area contributed by atoms with Crippen molar-refractivity contribution in [2.24, 2.45) is 5.92 Å². The largest absolute Gasteiger partial charge is 0.497 e. The summed E-state index contributed by atoms with van der Waals surface area (Å²) in [6.45, 7) is 3.27. The summed E-state index contributed by atoms with van der Waals surface area (Å²) in [6.07, 6.45) is 1.76. The molecule has 0 radical (unpaired) electrons. The number of carbonyl (C=O) groups is 1. The van der Waals surface area contributed by atoms with E-state index >= 15 is 0 Å². The maximum atomic E-state index is 12.8. The van der Waals surface area contributed by atoms with Crippen molar-refractivity contribution < 1.29 is 9.53 Å². The molecular weight excluding hydrogens is 395 g/mol. The minimum atomic E-state index is 0.0910. The van der Waals surface area contributed by atoms with Crippen LogP contribution in [0.5, 0.6) is 5.75 Å². The van der Waals surface area contributed by atoms with Crippen LogP contribution in [0.2, 0.25) is 10.0 Å². The fourth-order valence-corrected chi connectivity index (χ4v) is 3.95. The number of rotatable bonds is 6. The van der Waals surface area contributed by atoms with E-state index in [0.717, 1.165) is 49.4 Å². The lowest BCUT2D eigenvalue weighted by Gasteiger charge is -2.33. The van der Waals surface area contributed by atoms with Crippen LogP contribution in [0.15, 0.2) is 42.5 Å². The zero-order chi connectivity index (χ0) is 20.1. The number of methoxy groups -OCH3 is 1. The molecule has 2 aromatic rings. The lowest BCUT2D eigenvalue weighted by atomic mass is 9.95. The van der Waals surface area contributed by atoms with Crippen molar-refractivity contribution in [1.29, 1.82) is 0 Å². The van der Waals surface area contributed by atoms with Crippen molar-refractivity contribution in [3.8, 4) is 5.75 Å². The predicted molar refractivity (Wildman–Crippen MR) is 114 cm³/mol. The Morgan fingerprint density at radius 3 is 2.32 bits per heavy atom. The van der Waals surface area contributed by atoms with Crippen LogP contribution in [-0.4, -0.2) is 43.0 Å². The second-order valence-corrected chi connectivity index (χ2v) is 8.16. The summed E-state index contributed by atoms with van der Waals surface area (Å²) in [4.78, 5) is 17.0. The number of ether oxygens (including phenoxy) is 1. The van der Waals surface area contributed by atoms with Gasteiger partial charge in [-0.1, -0.05) is 41.4 Å². The minimum Gasteiger partial charge on any atom is -0.497 e. The van der Waals surface area contributed by atoms with Crippen molar-refractivity contribution >= 4 is 29.1 Å². The van der Waals surface area contributed by atoms with Crippen LogP contribution in [0.4, 0.5) is 0 Å². The molecule has 2 aromatic carbocycles. The van der Waals surface area contributed by atoms with Gasteiger partial charge in [-0.2, -0.15) is 0 Å². The second-order valence-electron chi connectivity index (χ2n) is 7.34. The number of halogens is 2. The molecule has 1 saturated heterocycles. The topological polar surface area (TPSA) is 32.8 Å². The summed E-state index contributed by atoms with van der Waals surface area (Å²) in [5.74, 6) is 1.14. The van der Waals surface area contributed by atoms with Gasteiger partial charge in [0.2, 0.25) is 5.91 Å². The highest BCUT2D eigenvalue weighted by atomic mass is 35.5. The molecule has 3 rings (SSSR count). The summed E-state index contributed by atoms with van der Waals surface area (Å²) < 4.78 is 5.18. The third kappa shape index (κ3) is 5.40. The molecule has 0 bridgehead atoms. The molecule has 0 unspecified atom stereocenters. The summed E-state index contributed by atoms with van der Waals surface area (Å²) in [5.41, 5.74) is 2.25. The maximum Gasteiger partial charge on any atom is 0.225 e. The van der Waals surface area contributed by atoms with E-state index in [-0.39, 0.29) is 11.8 Å². The normalized spacial score (nSPS) is 15.4. The van der Waals surface area contributed by atoms with Gasteiger partial charge in [0.05, 0.1) is 17.2 Å². The number of hydrogen-bond acceptors (Lipinski definition) is 3. The van der Waals surface area contributed by atoms with Crippen molar-refractivity contribution in [2.45, 2.75) is 25.9 Å². The van der Waals surface area contributed by atoms with E-state index in [2.05, 4.69) is 4.90 Å². The van der Waals surface area contributed by atoms with Crippen LogP contribution in [0.3, 0.4) is 0 Å². The van der Waals surface area contributed by atoms with Gasteiger partial charge in [0.1, 0.15) is 5.75 Å². The quantitative estimate of drug-likeness (QED) is 0.667. The average Bonchev–Trinajstić information content (AvgIpc) is 2.71. The van der Waals surface area contributed by atoms with Gasteiger partial charge >= 0.3 is 0 Å². The first-order chi connectivity index (χ1) is 13.5. The van der Waals surface area contributed by atoms with E-state index in [0.29, 0.717) is 16.6 Å². The molecule has 1 fully saturated rings. The van der Waals surface area contributed by atoms with E-state index in [1.807, 2.05) is 54.4 Å². The number of likely N-dealkylation sites (tertiary alicyclic amines) is 1. The van der Waals surface area contributed by atoms with Crippen molar-refractivity contribution in [3.63, 3.8) is 0 Å². The fourth-order valence-electron chi connectivity index (χ4n) is 3.63. The van der Waals surface area contributed by atoms with Gasteiger partial charge in [-0.05, 0) is 61.3 Å². The molecule has 28 heavy (non-hydrogen) atoms. The van der Waals surface area contributed by atoms with E-state index < -0.39 is 0 Å². The van der Waals surface area contributed by atoms with Crippen LogP contribution >= 0.6 is 23.2 Å². The first-order valence-electron chi connectivity index (χ1n) is 9.50. The third-order valence-electron chi connectivity index (χ3n) is 5.28. The van der Waals surface area contributed by atoms with Gasteiger partial charge in [-0.15, -0.1) is 0 Å². The standard InChI is InChI=1S/C22H26Cl2N2O2/c1-25(14-16-3-6-19(28-2)7-4-16)22(27)18-9-11-26(12-10-18)15-17-5-8-20(23)21(24)13-17/h3-8,13,18H,9-12,14-15H2,1-2H3. The van der Waals surface area contributed by atoms with Gasteiger partial charge in [-0.25, -0.2) is 0 Å². The highest BCUT2D eigenvalue weighted by Crippen LogP contribution is 2.25. The number of amides is 1. The molecule has 1 amide bonds. The molecule has 6 heteroatoms. The molecule has 0 spiro atoms. The molecule has 150 valence electrons. The highest BCUT2D eigenvalue weighted by Gasteiger charge is 2.27. The van der Waals surface area contributed by atoms with Crippen LogP contribution in [0.25, 0.3) is 0 Å². The third-order valence-corrected chi connectivity index (χ3v) is 6.02. The van der Waals surface area contributed by atoms with Crippen molar-refractivity contribution in [1.82, 2.24) is 9.80 Å². The Hall–Kier alpha value is -1.75. The molecule has 0 saturated carbocycles. The second kappa shape index (κ2) is 9.64. The van der Waals surface area contributed by atoms with E-state index in [1.54, 1.807) is 7.11 Å². The molecule has 1 heterocycles. The zero-order valence-corrected chi connectivity index (χ0v) is 17.8. The van der Waals surface area contributed by atoms with E-state index in [1.165, 1.54) is 0 Å². The average molecular weight is 421 g/mol. The molecule has 0 N–H and O–H groups in total. The first kappa shape index (κ1) is 21.0. The van der Waals surface area contributed by atoms with Gasteiger partial charge in [0.25, 0.3) is 0 Å². The number of carbonyl (C=O) groups excluding carboxylic acids is 1. The Morgan fingerprint density at radius 2 is 1.71 bits per heavy atom. The molecule has 0 atom stereocenters. The molecular formula is C22H26Cl2N2O2. The zero-order valence-electron chi connectivity index (χ0n) is 16.3. The Labute approximate surface area is 177 Å². The van der Waals surface area contributed by atoms with Crippen LogP contribution < -0.4 is 4.74 Å². The smallest absolute Gasteiger partial charge is 0.225 e. The maximum absolute atomic E-state index is 12.8. The van der Waals surface area contributed by atoms with Crippen molar-refractivity contribution in [3.05, 3.63) is 63.6 Å². The number of benzene rings is 2. The Morgan fingerprint density at radius 1 is 1.07 bits per heavy atom. The molecule has 0 aliphatic carbocycles. The Kier molecular flexibility index (Phi) is 7.22. The molecule has 1 aliphatic rings. The monoisotopic (exact) mass is 420 g/mol. The van der Waals surface area contributed by atoms with Crippen molar-refractivity contribution in [2.75, 3.05) is 27.2 Å². The molecule has 1 aliphatic heterocycles.